The summed E-state index contributed by atoms with van der Waals surface area (Å²) >= 11 is 0. The second kappa shape index (κ2) is 27.5. The number of unbranched alkanes of at least 4 members (excludes halogenated alkanes) is 16. The lowest BCUT2D eigenvalue weighted by molar-refractivity contribution is -0.157. The molecule has 0 aliphatic carbocycles. The van der Waals surface area contributed by atoms with Gasteiger partial charge in [-0.15, -0.1) is 0 Å². The van der Waals surface area contributed by atoms with Crippen LogP contribution in [0.4, 0.5) is 0 Å². The first-order chi connectivity index (χ1) is 23.2. The van der Waals surface area contributed by atoms with E-state index in [4.69, 9.17) is 9.84 Å². The molecule has 0 aliphatic heterocycles. The average Bonchev–Trinajstić information content (AvgIpc) is 3.03. The average molecular weight is 697 g/mol. The summed E-state index contributed by atoms with van der Waals surface area (Å²) in [4.78, 5) is 49.8. The summed E-state index contributed by atoms with van der Waals surface area (Å²) in [5, 5.41) is 25.2. The van der Waals surface area contributed by atoms with Crippen LogP contribution in [0.1, 0.15) is 196 Å². The van der Waals surface area contributed by atoms with Crippen LogP contribution in [-0.4, -0.2) is 59.3 Å². The highest BCUT2D eigenvalue weighted by Gasteiger charge is 2.45. The predicted molar refractivity (Wildman–Crippen MR) is 200 cm³/mol. The largest absolute Gasteiger partial charge is 0.481 e. The summed E-state index contributed by atoms with van der Waals surface area (Å²) < 4.78 is 6.16. The van der Waals surface area contributed by atoms with Crippen LogP contribution in [0, 0.1) is 10.8 Å². The minimum absolute atomic E-state index is 0.0274. The zero-order valence-electron chi connectivity index (χ0n) is 32.5. The van der Waals surface area contributed by atoms with Gasteiger partial charge < -0.3 is 25.6 Å². The van der Waals surface area contributed by atoms with Crippen molar-refractivity contribution in [2.75, 3.05) is 19.7 Å². The van der Waals surface area contributed by atoms with Crippen LogP contribution in [0.15, 0.2) is 0 Å². The Morgan fingerprint density at radius 3 is 1.45 bits per heavy atom. The number of carboxylic acid groups (broad SMARTS) is 2. The van der Waals surface area contributed by atoms with Crippen molar-refractivity contribution in [1.29, 1.82) is 0 Å². The fourth-order valence-corrected chi connectivity index (χ4v) is 6.20. The summed E-state index contributed by atoms with van der Waals surface area (Å²) in [6.45, 7) is 13.5. The Labute approximate surface area is 299 Å². The number of hydrogen-bond donors (Lipinski definition) is 4. The molecule has 0 spiro atoms. The highest BCUT2D eigenvalue weighted by Crippen LogP contribution is 2.33. The van der Waals surface area contributed by atoms with Gasteiger partial charge in [-0.2, -0.15) is 0 Å². The second-order valence-corrected chi connectivity index (χ2v) is 15.5. The third-order valence-corrected chi connectivity index (χ3v) is 9.96. The summed E-state index contributed by atoms with van der Waals surface area (Å²) in [7, 11) is 0. The number of rotatable bonds is 34. The SMILES string of the molecule is CCCCCCCCCCC[C@@](CCCCCCCCCCC(=O)O)(C(=O)O)C(=O)NCCC(C)(C)OCCC(C)(C)C(=O)NCCCC. The fraction of sp³-hybridized carbons (Fsp3) is 0.900. The van der Waals surface area contributed by atoms with Crippen LogP contribution in [-0.2, 0) is 23.9 Å². The molecule has 0 radical (unpaired) electrons. The molecule has 9 heteroatoms. The summed E-state index contributed by atoms with van der Waals surface area (Å²) in [6.07, 6.45) is 21.4. The van der Waals surface area contributed by atoms with E-state index in [1.165, 1.54) is 32.1 Å². The maximum Gasteiger partial charge on any atom is 0.319 e. The van der Waals surface area contributed by atoms with E-state index in [0.29, 0.717) is 58.2 Å². The van der Waals surface area contributed by atoms with Gasteiger partial charge in [-0.25, -0.2) is 0 Å². The third kappa shape index (κ3) is 23.0. The molecule has 0 heterocycles. The highest BCUT2D eigenvalue weighted by molar-refractivity contribution is 6.01. The number of amides is 2. The van der Waals surface area contributed by atoms with Gasteiger partial charge in [-0.05, 0) is 52.4 Å². The molecule has 0 rings (SSSR count). The van der Waals surface area contributed by atoms with Gasteiger partial charge in [0.15, 0.2) is 0 Å². The molecule has 49 heavy (non-hydrogen) atoms. The molecule has 0 aromatic rings. The number of aliphatic carboxylic acids is 2. The Balaban J connectivity index is 5.02. The van der Waals surface area contributed by atoms with Gasteiger partial charge in [0.05, 0.1) is 5.60 Å². The van der Waals surface area contributed by atoms with Crippen LogP contribution in [0.5, 0.6) is 0 Å². The van der Waals surface area contributed by atoms with Crippen LogP contribution in [0.3, 0.4) is 0 Å². The molecule has 0 unspecified atom stereocenters. The molecule has 288 valence electrons. The lowest BCUT2D eigenvalue weighted by atomic mass is 9.76. The van der Waals surface area contributed by atoms with Crippen LogP contribution in [0.25, 0.3) is 0 Å². The molecule has 4 N–H and O–H groups in total. The molecular weight excluding hydrogens is 620 g/mol. The molecule has 0 bridgehead atoms. The van der Waals surface area contributed by atoms with Crippen LogP contribution in [0.2, 0.25) is 0 Å². The van der Waals surface area contributed by atoms with Gasteiger partial charge in [-0.1, -0.05) is 137 Å². The highest BCUT2D eigenvalue weighted by atomic mass is 16.5. The van der Waals surface area contributed by atoms with Crippen LogP contribution < -0.4 is 10.6 Å². The first-order valence-electron chi connectivity index (χ1n) is 19.9. The Morgan fingerprint density at radius 1 is 0.531 bits per heavy atom. The monoisotopic (exact) mass is 697 g/mol. The van der Waals surface area contributed by atoms with E-state index in [0.717, 1.165) is 77.0 Å². The van der Waals surface area contributed by atoms with Gasteiger partial charge in [0.1, 0.15) is 5.41 Å². The van der Waals surface area contributed by atoms with E-state index in [-0.39, 0.29) is 12.3 Å². The van der Waals surface area contributed by atoms with Crippen molar-refractivity contribution in [2.45, 2.75) is 201 Å². The van der Waals surface area contributed by atoms with E-state index in [2.05, 4.69) is 24.5 Å². The van der Waals surface area contributed by atoms with Gasteiger partial charge in [0.2, 0.25) is 11.8 Å². The zero-order valence-corrected chi connectivity index (χ0v) is 32.5. The maximum atomic E-state index is 13.7. The number of nitrogens with one attached hydrogen (secondary N) is 2. The lowest BCUT2D eigenvalue weighted by Gasteiger charge is -2.31. The van der Waals surface area contributed by atoms with E-state index in [1.54, 1.807) is 0 Å². The van der Waals surface area contributed by atoms with Gasteiger partial charge >= 0.3 is 11.9 Å². The first kappa shape index (κ1) is 46.8. The van der Waals surface area contributed by atoms with Crippen molar-refractivity contribution >= 4 is 23.8 Å². The number of carboxylic acids is 2. The minimum atomic E-state index is -1.43. The predicted octanol–water partition coefficient (Wildman–Crippen LogP) is 9.60. The van der Waals surface area contributed by atoms with E-state index in [9.17, 15) is 24.3 Å². The molecule has 0 aliphatic rings. The molecule has 0 aromatic carbocycles. The molecule has 0 aromatic heterocycles. The van der Waals surface area contributed by atoms with Crippen molar-refractivity contribution in [3.05, 3.63) is 0 Å². The Kier molecular flexibility index (Phi) is 26.3. The molecule has 0 fully saturated rings. The van der Waals surface area contributed by atoms with Crippen molar-refractivity contribution in [3.8, 4) is 0 Å². The Morgan fingerprint density at radius 2 is 0.980 bits per heavy atom. The van der Waals surface area contributed by atoms with Gasteiger partial charge in [0, 0.05) is 31.5 Å². The molecule has 0 saturated carbocycles. The smallest absolute Gasteiger partial charge is 0.319 e. The molecule has 2 amide bonds. The van der Waals surface area contributed by atoms with Crippen molar-refractivity contribution < 1.29 is 34.1 Å². The molecule has 0 saturated heterocycles. The second-order valence-electron chi connectivity index (χ2n) is 15.5. The summed E-state index contributed by atoms with van der Waals surface area (Å²) in [5.41, 5.74) is -2.52. The molecule has 1 atom stereocenters. The molecule has 9 nitrogen and oxygen atoms in total. The Bertz CT molecular complexity index is 905. The third-order valence-electron chi connectivity index (χ3n) is 9.96. The lowest BCUT2D eigenvalue weighted by Crippen LogP contribution is -2.48. The fourth-order valence-electron chi connectivity index (χ4n) is 6.20. The number of carbonyl (C=O) groups excluding carboxylic acids is 2. The zero-order chi connectivity index (χ0) is 37.0. The van der Waals surface area contributed by atoms with Gasteiger partial charge in [-0.3, -0.25) is 19.2 Å². The topological polar surface area (TPSA) is 142 Å². The maximum absolute atomic E-state index is 13.7. The van der Waals surface area contributed by atoms with E-state index >= 15 is 0 Å². The number of hydrogen-bond acceptors (Lipinski definition) is 5. The van der Waals surface area contributed by atoms with Gasteiger partial charge in [0.25, 0.3) is 0 Å². The van der Waals surface area contributed by atoms with E-state index in [1.807, 2.05) is 27.7 Å². The minimum Gasteiger partial charge on any atom is -0.481 e. The molecular formula is C40H76N2O7. The number of carbonyl (C=O) groups is 4. The number of ether oxygens (including phenoxy) is 1. The van der Waals surface area contributed by atoms with Crippen molar-refractivity contribution in [3.63, 3.8) is 0 Å². The summed E-state index contributed by atoms with van der Waals surface area (Å²) in [5.74, 6) is -2.14. The first-order valence-corrected chi connectivity index (χ1v) is 19.9. The quantitative estimate of drug-likeness (QED) is 0.0388. The van der Waals surface area contributed by atoms with Crippen molar-refractivity contribution in [2.24, 2.45) is 10.8 Å². The summed E-state index contributed by atoms with van der Waals surface area (Å²) in [6, 6.07) is 0. The van der Waals surface area contributed by atoms with Crippen molar-refractivity contribution in [1.82, 2.24) is 10.6 Å². The Hall–Kier alpha value is -2.16. The normalized spacial score (nSPS) is 13.2. The van der Waals surface area contributed by atoms with Crippen LogP contribution >= 0.6 is 0 Å². The standard InChI is InChI=1S/C40H76N2O7/c1-7-9-11-12-13-15-18-21-24-27-40(37(47)48,28-25-22-19-16-14-17-20-23-26-34(43)44)36(46)42-32-29-39(5,6)49-33-30-38(3,4)35(45)41-31-10-8-2/h7-33H2,1-6H3,(H,41,45)(H,42,46)(H,43,44)(H,47,48)/t40-/m0/s1. The van der Waals surface area contributed by atoms with E-state index < -0.39 is 34.3 Å².